The summed E-state index contributed by atoms with van der Waals surface area (Å²) in [7, 11) is -2.19. The fourth-order valence-corrected chi connectivity index (χ4v) is 12.9. The first-order valence-electron chi connectivity index (χ1n) is 27.1. The van der Waals surface area contributed by atoms with E-state index < -0.39 is 16.1 Å². The first-order valence-corrected chi connectivity index (χ1v) is 36.1. The lowest BCUT2D eigenvalue weighted by Crippen LogP contribution is -2.26. The molecule has 2 aliphatic heterocycles. The van der Waals surface area contributed by atoms with Crippen LogP contribution in [0.25, 0.3) is 65.7 Å². The summed E-state index contributed by atoms with van der Waals surface area (Å²) >= 11 is 7.17. The van der Waals surface area contributed by atoms with Gasteiger partial charge < -0.3 is 33.7 Å². The first kappa shape index (κ1) is 60.0. The van der Waals surface area contributed by atoms with E-state index in [1.54, 1.807) is 0 Å². The number of rotatable bonds is 15. The highest BCUT2D eigenvalue weighted by atomic mass is 79.9. The molecule has 4 aromatic carbocycles. The molecule has 0 radical (unpaired) electrons. The summed E-state index contributed by atoms with van der Waals surface area (Å²) in [5, 5.41) is 22.6. The maximum absolute atomic E-state index is 10.1. The van der Waals surface area contributed by atoms with E-state index in [1.807, 2.05) is 70.5 Å². The molecule has 0 aliphatic carbocycles. The van der Waals surface area contributed by atoms with Gasteiger partial charge in [0.05, 0.1) is 62.5 Å². The molecular weight excluding hydrogens is 1150 g/mol. The number of pyridine rings is 2. The van der Waals surface area contributed by atoms with Crippen LogP contribution in [0.1, 0.15) is 63.8 Å². The van der Waals surface area contributed by atoms with E-state index in [-0.39, 0.29) is 27.0 Å². The number of hydrogen-bond donors (Lipinski definition) is 2. The van der Waals surface area contributed by atoms with Gasteiger partial charge in [-0.05, 0) is 129 Å². The van der Waals surface area contributed by atoms with Gasteiger partial charge in [0, 0.05) is 105 Å². The minimum Gasteiger partial charge on any atom is -0.388 e. The van der Waals surface area contributed by atoms with E-state index in [2.05, 4.69) is 146 Å². The van der Waals surface area contributed by atoms with Crippen molar-refractivity contribution in [3.05, 3.63) is 142 Å². The second kappa shape index (κ2) is 26.7. The van der Waals surface area contributed by atoms with Gasteiger partial charge in [0.15, 0.2) is 0 Å². The normalized spacial score (nSPS) is 15.4. The van der Waals surface area contributed by atoms with Crippen LogP contribution in [0.3, 0.4) is 0 Å². The Morgan fingerprint density at radius 3 is 1.84 bits per heavy atom. The van der Waals surface area contributed by atoms with Crippen molar-refractivity contribution < 1.29 is 24.1 Å². The third-order valence-electron chi connectivity index (χ3n) is 15.0. The number of aromatic amines is 1. The molecular formula is C62H80Br2N8O5Si2. The van der Waals surface area contributed by atoms with Crippen LogP contribution in [0.2, 0.25) is 51.4 Å². The zero-order valence-electron chi connectivity index (χ0n) is 45.2. The number of benzene rings is 4. The minimum atomic E-state index is -1.13. The number of ether oxygens (including phenoxy) is 4. The largest absolute Gasteiger partial charge is 0.388 e. The van der Waals surface area contributed by atoms with Gasteiger partial charge in [-0.1, -0.05) is 115 Å². The zero-order chi connectivity index (χ0) is 53.7. The van der Waals surface area contributed by atoms with Crippen LogP contribution in [-0.2, 0) is 32.4 Å². The number of hydrogen-bond acceptors (Lipinski definition) is 9. The molecule has 2 saturated heterocycles. The van der Waals surface area contributed by atoms with Crippen molar-refractivity contribution in [2.24, 2.45) is 11.8 Å². The molecule has 0 unspecified atom stereocenters. The van der Waals surface area contributed by atoms with Crippen molar-refractivity contribution in [1.82, 2.24) is 39.1 Å². The zero-order valence-corrected chi connectivity index (χ0v) is 50.4. The van der Waals surface area contributed by atoms with Gasteiger partial charge >= 0.3 is 0 Å². The van der Waals surface area contributed by atoms with E-state index in [0.717, 1.165) is 146 Å². The predicted octanol–water partition coefficient (Wildman–Crippen LogP) is 16.2. The molecule has 13 nitrogen and oxygen atoms in total. The summed E-state index contributed by atoms with van der Waals surface area (Å²) in [4.78, 5) is 14.2. The van der Waals surface area contributed by atoms with Gasteiger partial charge in [-0.15, -0.1) is 0 Å². The number of nitrogens with one attached hydrogen (secondary N) is 1. The summed E-state index contributed by atoms with van der Waals surface area (Å²) in [5.74, 6) is 0.841. The summed E-state index contributed by atoms with van der Waals surface area (Å²) in [6.07, 6.45) is 11.4. The Morgan fingerprint density at radius 2 is 1.19 bits per heavy atom. The Hall–Kier alpha value is -5.09. The Kier molecular flexibility index (Phi) is 20.3. The van der Waals surface area contributed by atoms with Gasteiger partial charge in [0.2, 0.25) is 0 Å². The molecule has 2 fully saturated rings. The van der Waals surface area contributed by atoms with E-state index in [0.29, 0.717) is 25.3 Å². The van der Waals surface area contributed by atoms with Crippen LogP contribution < -0.4 is 0 Å². The molecule has 12 rings (SSSR count). The number of halogens is 2. The van der Waals surface area contributed by atoms with E-state index >= 15 is 0 Å². The molecule has 2 atom stereocenters. The lowest BCUT2D eigenvalue weighted by molar-refractivity contribution is 0.00719. The second-order valence-electron chi connectivity index (χ2n) is 23.0. The topological polar surface area (TPSA) is 139 Å². The van der Waals surface area contributed by atoms with Gasteiger partial charge in [-0.2, -0.15) is 5.10 Å². The average molecular weight is 1230 g/mol. The Balaban J connectivity index is 0.000000172. The third-order valence-corrected chi connectivity index (χ3v) is 19.3. The number of H-pyrrole nitrogens is 1. The molecule has 420 valence electrons. The number of aliphatic hydroxyl groups excluding tert-OH is 1. The van der Waals surface area contributed by atoms with Crippen LogP contribution in [0, 0.1) is 11.8 Å². The third kappa shape index (κ3) is 14.2. The smallest absolute Gasteiger partial charge is 0.139 e. The second-order valence-corrected chi connectivity index (χ2v) is 36.0. The summed E-state index contributed by atoms with van der Waals surface area (Å²) in [6, 6.07) is 36.1. The highest BCUT2D eigenvalue weighted by molar-refractivity contribution is 9.10. The fourth-order valence-electron chi connectivity index (χ4n) is 10.7. The van der Waals surface area contributed by atoms with Crippen molar-refractivity contribution in [1.29, 1.82) is 0 Å². The molecule has 2 aliphatic rings. The van der Waals surface area contributed by atoms with Gasteiger partial charge in [-0.3, -0.25) is 14.6 Å². The highest BCUT2D eigenvalue weighted by Gasteiger charge is 2.31. The van der Waals surface area contributed by atoms with Gasteiger partial charge in [0.1, 0.15) is 13.5 Å². The van der Waals surface area contributed by atoms with Crippen LogP contribution in [0.5, 0.6) is 0 Å². The molecule has 10 aromatic rings. The van der Waals surface area contributed by atoms with Crippen molar-refractivity contribution in [2.45, 2.75) is 118 Å². The number of nitrogens with zero attached hydrogens (tertiary/aromatic N) is 7. The predicted molar refractivity (Wildman–Crippen MR) is 338 cm³/mol. The summed E-state index contributed by atoms with van der Waals surface area (Å²) in [5.41, 5.74) is 10.7. The standard InChI is InChI=1S/C30H35BrN4O2Si.C18H21BrN4OSi.C12H16O2.2CH4/c1-38(2,3)16-15-37-20-34-25-9-10-26-28(24(25)19-33-34)29-27(17-23(31)18-32-29)35(26)30(21-7-5-4-6-8-21)22-11-13-36-14-12-22;1-25(2,3)7-6-24-11-23-16-5-4-14-17(13(16)10-21-23)18-15(22-14)8-12(19)9-20-18;13-12(10-4-2-1-3-5-10)11-6-8-14-9-7-11;;/h4-10,17-19,22,30H,11-16,20H2,1-3H3;4-5,8-10,21H,6-7,11H2,1-3H3;1-5,11-13H,6-9H2;2*1H4/t30-;;12-;;/m1.0../s1. The van der Waals surface area contributed by atoms with Crippen molar-refractivity contribution in [3.63, 3.8) is 0 Å². The molecule has 17 heteroatoms. The Morgan fingerprint density at radius 1 is 0.620 bits per heavy atom. The molecule has 0 amide bonds. The van der Waals surface area contributed by atoms with Crippen molar-refractivity contribution in [3.8, 4) is 0 Å². The summed E-state index contributed by atoms with van der Waals surface area (Å²) < 4.78 is 31.5. The van der Waals surface area contributed by atoms with Crippen LogP contribution >= 0.6 is 31.9 Å². The number of fused-ring (bicyclic) bond motifs is 10. The molecule has 6 aromatic heterocycles. The minimum absolute atomic E-state index is 0. The molecule has 0 spiro atoms. The van der Waals surface area contributed by atoms with E-state index in [4.69, 9.17) is 34.0 Å². The lowest BCUT2D eigenvalue weighted by Gasteiger charge is -2.33. The van der Waals surface area contributed by atoms with Crippen LogP contribution in [0.4, 0.5) is 0 Å². The molecule has 8 heterocycles. The highest BCUT2D eigenvalue weighted by Crippen LogP contribution is 2.43. The lowest BCUT2D eigenvalue weighted by atomic mass is 9.86. The van der Waals surface area contributed by atoms with Crippen molar-refractivity contribution in [2.75, 3.05) is 39.6 Å². The Labute approximate surface area is 484 Å². The number of aromatic nitrogens is 8. The number of aliphatic hydroxyl groups is 1. The van der Waals surface area contributed by atoms with Crippen LogP contribution in [-0.4, -0.2) is 100.0 Å². The van der Waals surface area contributed by atoms with Crippen LogP contribution in [0.15, 0.2) is 131 Å². The maximum atomic E-state index is 10.1. The summed E-state index contributed by atoms with van der Waals surface area (Å²) in [6.45, 7) is 20.0. The fraction of sp³-hybridized carbons (Fsp3) is 0.419. The van der Waals surface area contributed by atoms with E-state index in [9.17, 15) is 5.11 Å². The monoisotopic (exact) mass is 1230 g/mol. The SMILES string of the molecule is C.C.C[Si](C)(C)CCOCn1[nH]cc2c3c(ccc21)nc1cc(Br)cnc13.C[Si](C)(C)CCOCn1ncc2c3c4ncc(Br)cc4n([C@H](c4ccccc4)C4CCOCC4)c3ccc21.O[C@@H](c1ccccc1)C1CCOCC1. The quantitative estimate of drug-likeness (QED) is 0.0758. The van der Waals surface area contributed by atoms with E-state index in [1.165, 1.54) is 17.1 Å². The first-order chi connectivity index (χ1) is 37.2. The Bertz CT molecular complexity index is 3560. The van der Waals surface area contributed by atoms with Gasteiger partial charge in [0.25, 0.3) is 0 Å². The molecule has 79 heavy (non-hydrogen) atoms. The molecule has 0 bridgehead atoms. The molecule has 0 saturated carbocycles. The average Bonchev–Trinajstić information content (AvgIpc) is 4.23. The molecule has 2 N–H and O–H groups in total. The maximum Gasteiger partial charge on any atom is 0.139 e. The van der Waals surface area contributed by atoms with Gasteiger partial charge in [-0.25, -0.2) is 9.67 Å². The van der Waals surface area contributed by atoms with Crippen molar-refractivity contribution >= 4 is 114 Å².